The summed E-state index contributed by atoms with van der Waals surface area (Å²) in [4.78, 5) is 14.8. The molecule has 0 N–H and O–H groups in total. The van der Waals surface area contributed by atoms with Crippen LogP contribution in [0.1, 0.15) is 49.1 Å². The van der Waals surface area contributed by atoms with Crippen molar-refractivity contribution in [2.24, 2.45) is 0 Å². The Labute approximate surface area is 157 Å². The Hall–Kier alpha value is -2.53. The van der Waals surface area contributed by atoms with Gasteiger partial charge in [0, 0.05) is 36.1 Å². The van der Waals surface area contributed by atoms with Crippen molar-refractivity contribution in [2.45, 2.75) is 39.5 Å². The molecule has 0 aliphatic rings. The third kappa shape index (κ3) is 2.92. The van der Waals surface area contributed by atoms with Gasteiger partial charge in [-0.05, 0) is 41.7 Å². The molecule has 0 aromatic carbocycles. The fraction of sp³-hybridized carbons (Fsp3) is 0.286. The minimum atomic E-state index is 0.270. The minimum absolute atomic E-state index is 0.270. The molecule has 0 aliphatic carbocycles. The van der Waals surface area contributed by atoms with E-state index in [0.717, 1.165) is 34.9 Å². The van der Waals surface area contributed by atoms with Crippen LogP contribution in [0.3, 0.4) is 0 Å². The van der Waals surface area contributed by atoms with E-state index in [0.29, 0.717) is 0 Å². The maximum absolute atomic E-state index is 4.75. The number of hydrogen-bond donors (Lipinski definition) is 0. The SMILES string of the molecule is CCc1cncc(C(C)c2ccnc(-c3c(CC)nc4sccn34)c2)c1. The van der Waals surface area contributed by atoms with Crippen molar-refractivity contribution in [2.75, 3.05) is 0 Å². The van der Waals surface area contributed by atoms with Gasteiger partial charge in [-0.3, -0.25) is 14.4 Å². The highest BCUT2D eigenvalue weighted by atomic mass is 32.1. The molecular weight excluding hydrogens is 340 g/mol. The number of pyridine rings is 2. The molecule has 5 heteroatoms. The summed E-state index contributed by atoms with van der Waals surface area (Å²) in [5, 5.41) is 2.07. The van der Waals surface area contributed by atoms with Gasteiger partial charge in [-0.25, -0.2) is 4.98 Å². The molecule has 0 aliphatic heterocycles. The molecule has 4 nitrogen and oxygen atoms in total. The second-order valence-electron chi connectivity index (χ2n) is 6.49. The summed E-state index contributed by atoms with van der Waals surface area (Å²) in [5.74, 6) is 0.270. The van der Waals surface area contributed by atoms with E-state index in [1.54, 1.807) is 11.3 Å². The lowest BCUT2D eigenvalue weighted by atomic mass is 9.93. The highest BCUT2D eigenvalue weighted by molar-refractivity contribution is 7.15. The number of thiazole rings is 1. The molecule has 4 aromatic heterocycles. The summed E-state index contributed by atoms with van der Waals surface area (Å²) in [7, 11) is 0. The molecule has 4 rings (SSSR count). The second kappa shape index (κ2) is 7.00. The van der Waals surface area contributed by atoms with E-state index >= 15 is 0 Å². The quantitative estimate of drug-likeness (QED) is 0.494. The Morgan fingerprint density at radius 3 is 2.81 bits per heavy atom. The van der Waals surface area contributed by atoms with Crippen molar-refractivity contribution in [1.29, 1.82) is 0 Å². The largest absolute Gasteiger partial charge is 0.288 e. The van der Waals surface area contributed by atoms with Crippen molar-refractivity contribution >= 4 is 16.3 Å². The fourth-order valence-electron chi connectivity index (χ4n) is 3.32. The van der Waals surface area contributed by atoms with Crippen molar-refractivity contribution in [1.82, 2.24) is 19.4 Å². The van der Waals surface area contributed by atoms with Crippen molar-refractivity contribution in [3.05, 3.63) is 70.8 Å². The van der Waals surface area contributed by atoms with Crippen LogP contribution in [0, 0.1) is 0 Å². The van der Waals surface area contributed by atoms with Crippen molar-refractivity contribution in [3.8, 4) is 11.4 Å². The number of fused-ring (bicyclic) bond motifs is 1. The van der Waals surface area contributed by atoms with E-state index in [2.05, 4.69) is 64.9 Å². The van der Waals surface area contributed by atoms with Gasteiger partial charge < -0.3 is 0 Å². The Bertz CT molecular complexity index is 1050. The predicted octanol–water partition coefficient (Wildman–Crippen LogP) is 5.13. The van der Waals surface area contributed by atoms with Gasteiger partial charge in [-0.15, -0.1) is 11.3 Å². The summed E-state index contributed by atoms with van der Waals surface area (Å²) in [5.41, 5.74) is 6.95. The Balaban J connectivity index is 1.77. The van der Waals surface area contributed by atoms with Gasteiger partial charge >= 0.3 is 0 Å². The molecule has 0 saturated heterocycles. The molecular formula is C21H22N4S. The molecule has 0 bridgehead atoms. The van der Waals surface area contributed by atoms with E-state index in [9.17, 15) is 0 Å². The third-order valence-corrected chi connectivity index (χ3v) is 5.68. The summed E-state index contributed by atoms with van der Waals surface area (Å²) >= 11 is 1.66. The van der Waals surface area contributed by atoms with Crippen molar-refractivity contribution < 1.29 is 0 Å². The highest BCUT2D eigenvalue weighted by Crippen LogP contribution is 2.30. The van der Waals surface area contributed by atoms with Crippen molar-refractivity contribution in [3.63, 3.8) is 0 Å². The molecule has 0 radical (unpaired) electrons. The first kappa shape index (κ1) is 16.9. The topological polar surface area (TPSA) is 43.1 Å². The Kier molecular flexibility index (Phi) is 4.55. The maximum Gasteiger partial charge on any atom is 0.194 e. The van der Waals surface area contributed by atoms with E-state index < -0.39 is 0 Å². The molecule has 4 heterocycles. The van der Waals surface area contributed by atoms with Gasteiger partial charge in [0.25, 0.3) is 0 Å². The van der Waals surface area contributed by atoms with Crippen LogP contribution in [-0.2, 0) is 12.8 Å². The zero-order chi connectivity index (χ0) is 18.1. The minimum Gasteiger partial charge on any atom is -0.288 e. The maximum atomic E-state index is 4.75. The van der Waals surface area contributed by atoms with Gasteiger partial charge in [0.2, 0.25) is 0 Å². The third-order valence-electron chi connectivity index (χ3n) is 4.92. The van der Waals surface area contributed by atoms with Crippen LogP contribution in [0.5, 0.6) is 0 Å². The molecule has 0 fully saturated rings. The van der Waals surface area contributed by atoms with E-state index in [1.165, 1.54) is 16.7 Å². The van der Waals surface area contributed by atoms with E-state index in [1.807, 2.05) is 18.6 Å². The lowest BCUT2D eigenvalue weighted by Gasteiger charge is -2.14. The average Bonchev–Trinajstić information content (AvgIpc) is 3.28. The van der Waals surface area contributed by atoms with E-state index in [4.69, 9.17) is 4.98 Å². The number of rotatable bonds is 5. The smallest absolute Gasteiger partial charge is 0.194 e. The molecule has 0 spiro atoms. The average molecular weight is 363 g/mol. The Morgan fingerprint density at radius 1 is 1.12 bits per heavy atom. The van der Waals surface area contributed by atoms with Gasteiger partial charge in [-0.2, -0.15) is 0 Å². The number of hydrogen-bond acceptors (Lipinski definition) is 4. The van der Waals surface area contributed by atoms with Gasteiger partial charge in [0.15, 0.2) is 4.96 Å². The zero-order valence-corrected chi connectivity index (χ0v) is 16.1. The van der Waals surface area contributed by atoms with Crippen LogP contribution in [0.15, 0.2) is 48.4 Å². The van der Waals surface area contributed by atoms with Crippen LogP contribution in [-0.4, -0.2) is 19.4 Å². The predicted molar refractivity (Wildman–Crippen MR) is 107 cm³/mol. The lowest BCUT2D eigenvalue weighted by molar-refractivity contribution is 0.898. The monoisotopic (exact) mass is 362 g/mol. The second-order valence-corrected chi connectivity index (χ2v) is 7.37. The molecule has 4 aromatic rings. The highest BCUT2D eigenvalue weighted by Gasteiger charge is 2.17. The van der Waals surface area contributed by atoms with Crippen LogP contribution < -0.4 is 0 Å². The first-order valence-corrected chi connectivity index (χ1v) is 9.93. The molecule has 0 amide bonds. The van der Waals surface area contributed by atoms with Gasteiger partial charge in [-0.1, -0.05) is 26.8 Å². The van der Waals surface area contributed by atoms with Gasteiger partial charge in [0.1, 0.15) is 0 Å². The molecule has 132 valence electrons. The fourth-order valence-corrected chi connectivity index (χ4v) is 4.06. The first-order chi connectivity index (χ1) is 12.7. The summed E-state index contributed by atoms with van der Waals surface area (Å²) < 4.78 is 2.15. The Morgan fingerprint density at radius 2 is 2.00 bits per heavy atom. The summed E-state index contributed by atoms with van der Waals surface area (Å²) in [6, 6.07) is 6.55. The zero-order valence-electron chi connectivity index (χ0n) is 15.3. The number of aromatic nitrogens is 4. The molecule has 1 atom stereocenters. The van der Waals surface area contributed by atoms with Gasteiger partial charge in [0.05, 0.1) is 17.1 Å². The van der Waals surface area contributed by atoms with Crippen LogP contribution >= 0.6 is 11.3 Å². The standard InChI is InChI=1S/C21H22N4S/c1-4-15-10-17(13-22-12-15)14(3)16-6-7-23-19(11-16)20-18(5-2)24-21-25(20)8-9-26-21/h6-14H,4-5H2,1-3H3. The van der Waals surface area contributed by atoms with Crippen LogP contribution in [0.2, 0.25) is 0 Å². The number of aryl methyl sites for hydroxylation is 2. The number of imidazole rings is 1. The van der Waals surface area contributed by atoms with E-state index in [-0.39, 0.29) is 5.92 Å². The lowest BCUT2D eigenvalue weighted by Crippen LogP contribution is -2.00. The van der Waals surface area contributed by atoms with Crippen LogP contribution in [0.25, 0.3) is 16.3 Å². The molecule has 0 saturated carbocycles. The molecule has 26 heavy (non-hydrogen) atoms. The summed E-state index contributed by atoms with van der Waals surface area (Å²) in [6.45, 7) is 6.53. The molecule has 1 unspecified atom stereocenters. The number of nitrogens with zero attached hydrogens (tertiary/aromatic N) is 4. The summed E-state index contributed by atoms with van der Waals surface area (Å²) in [6.07, 6.45) is 9.80. The van der Waals surface area contributed by atoms with Crippen LogP contribution in [0.4, 0.5) is 0 Å². The first-order valence-electron chi connectivity index (χ1n) is 9.05. The normalized spacial score (nSPS) is 12.6.